The van der Waals surface area contributed by atoms with Gasteiger partial charge in [0.1, 0.15) is 6.04 Å². The van der Waals surface area contributed by atoms with Crippen LogP contribution in [-0.4, -0.2) is 40.8 Å². The van der Waals surface area contributed by atoms with E-state index < -0.39 is 22.8 Å². The van der Waals surface area contributed by atoms with E-state index in [2.05, 4.69) is 0 Å². The molecule has 0 aliphatic carbocycles. The summed E-state index contributed by atoms with van der Waals surface area (Å²) >= 11 is 0. The van der Waals surface area contributed by atoms with Crippen LogP contribution in [0.1, 0.15) is 24.8 Å². The van der Waals surface area contributed by atoms with Gasteiger partial charge in [-0.05, 0) is 37.8 Å². The minimum Gasteiger partial charge on any atom is -0.477 e. The Hall–Kier alpha value is -2.64. The van der Waals surface area contributed by atoms with E-state index in [1.165, 1.54) is 17.0 Å². The molecule has 2 N–H and O–H groups in total. The van der Waals surface area contributed by atoms with E-state index >= 15 is 0 Å². The fourth-order valence-corrected chi connectivity index (χ4v) is 2.64. The van der Waals surface area contributed by atoms with Gasteiger partial charge in [0, 0.05) is 12.6 Å². The van der Waals surface area contributed by atoms with E-state index in [0.29, 0.717) is 13.0 Å². The molecule has 1 fully saturated rings. The average molecular weight is 321 g/mol. The first-order chi connectivity index (χ1) is 10.9. The third kappa shape index (κ3) is 3.97. The number of ether oxygens (including phenoxy) is 1. The van der Waals surface area contributed by atoms with E-state index in [4.69, 9.17) is 10.5 Å². The summed E-state index contributed by atoms with van der Waals surface area (Å²) in [6.45, 7) is 1.84. The van der Waals surface area contributed by atoms with Gasteiger partial charge in [0.15, 0.2) is 12.4 Å². The molecule has 1 unspecified atom stereocenters. The highest BCUT2D eigenvalue weighted by molar-refractivity contribution is 5.87. The van der Waals surface area contributed by atoms with Gasteiger partial charge in [-0.1, -0.05) is 6.07 Å². The number of hydrogen-bond donors (Lipinski definition) is 1. The molecule has 0 spiro atoms. The number of nitrogens with zero attached hydrogens (tertiary/aromatic N) is 2. The first-order valence-corrected chi connectivity index (χ1v) is 7.37. The van der Waals surface area contributed by atoms with Gasteiger partial charge in [-0.15, -0.1) is 0 Å². The summed E-state index contributed by atoms with van der Waals surface area (Å²) in [5.74, 6) is -0.903. The van der Waals surface area contributed by atoms with Crippen molar-refractivity contribution >= 4 is 17.5 Å². The summed E-state index contributed by atoms with van der Waals surface area (Å²) in [5, 5.41) is 11.0. The highest BCUT2D eigenvalue weighted by Crippen LogP contribution is 2.28. The lowest BCUT2D eigenvalue weighted by Crippen LogP contribution is -2.51. The van der Waals surface area contributed by atoms with Crippen LogP contribution >= 0.6 is 0 Å². The van der Waals surface area contributed by atoms with E-state index in [1.54, 1.807) is 13.0 Å². The Balaban J connectivity index is 2.08. The molecule has 1 aliphatic heterocycles. The highest BCUT2D eigenvalue weighted by atomic mass is 16.6. The van der Waals surface area contributed by atoms with E-state index in [0.717, 1.165) is 18.4 Å². The number of likely N-dealkylation sites (tertiary alicyclic amines) is 1. The standard InChI is InChI=1S/C15H19N3O5/c1-10-5-6-11(18(21)22)13(8-10)23-9-14(19)17-7-3-2-4-12(17)15(16)20/h5-6,8,12H,2-4,7,9H2,1H3,(H2,16,20). The number of hydrogen-bond acceptors (Lipinski definition) is 5. The highest BCUT2D eigenvalue weighted by Gasteiger charge is 2.31. The summed E-state index contributed by atoms with van der Waals surface area (Å²) in [7, 11) is 0. The van der Waals surface area contributed by atoms with Crippen molar-refractivity contribution in [2.24, 2.45) is 5.73 Å². The third-order valence-electron chi connectivity index (χ3n) is 3.81. The Labute approximate surface area is 133 Å². The molecule has 2 amide bonds. The summed E-state index contributed by atoms with van der Waals surface area (Å²) < 4.78 is 5.34. The maximum atomic E-state index is 12.3. The summed E-state index contributed by atoms with van der Waals surface area (Å²) in [5.41, 5.74) is 5.91. The van der Waals surface area contributed by atoms with Crippen LogP contribution in [0.4, 0.5) is 5.69 Å². The van der Waals surface area contributed by atoms with Gasteiger partial charge in [0.2, 0.25) is 5.91 Å². The maximum absolute atomic E-state index is 12.3. The molecule has 1 heterocycles. The first-order valence-electron chi connectivity index (χ1n) is 7.37. The quantitative estimate of drug-likeness (QED) is 0.645. The fourth-order valence-electron chi connectivity index (χ4n) is 2.64. The lowest BCUT2D eigenvalue weighted by Gasteiger charge is -2.33. The molecule has 0 saturated carbocycles. The SMILES string of the molecule is Cc1ccc([N+](=O)[O-])c(OCC(=O)N2CCCCC2C(N)=O)c1. The number of carbonyl (C=O) groups excluding carboxylic acids is 2. The van der Waals surface area contributed by atoms with Crippen molar-refractivity contribution in [1.82, 2.24) is 4.90 Å². The van der Waals surface area contributed by atoms with Crippen LogP contribution in [0.15, 0.2) is 18.2 Å². The van der Waals surface area contributed by atoms with Crippen LogP contribution in [-0.2, 0) is 9.59 Å². The van der Waals surface area contributed by atoms with Gasteiger partial charge in [-0.3, -0.25) is 19.7 Å². The molecule has 8 heteroatoms. The number of carbonyl (C=O) groups is 2. The van der Waals surface area contributed by atoms with Gasteiger partial charge in [0.25, 0.3) is 5.91 Å². The van der Waals surface area contributed by atoms with Crippen LogP contribution in [0, 0.1) is 17.0 Å². The molecule has 1 aromatic carbocycles. The van der Waals surface area contributed by atoms with Gasteiger partial charge >= 0.3 is 5.69 Å². The van der Waals surface area contributed by atoms with Gasteiger partial charge in [0.05, 0.1) is 4.92 Å². The number of piperidine rings is 1. The van der Waals surface area contributed by atoms with Crippen molar-refractivity contribution < 1.29 is 19.2 Å². The number of benzene rings is 1. The molecule has 0 radical (unpaired) electrons. The fraction of sp³-hybridized carbons (Fsp3) is 0.467. The molecule has 1 saturated heterocycles. The molecule has 1 aromatic rings. The molecule has 2 rings (SSSR count). The second kappa shape index (κ2) is 7.08. The molecule has 1 aliphatic rings. The number of nitrogens with two attached hydrogens (primary N) is 1. The predicted molar refractivity (Wildman–Crippen MR) is 81.9 cm³/mol. The Morgan fingerprint density at radius 2 is 2.17 bits per heavy atom. The van der Waals surface area contributed by atoms with Crippen molar-refractivity contribution in [1.29, 1.82) is 0 Å². The van der Waals surface area contributed by atoms with Crippen LogP contribution in [0.3, 0.4) is 0 Å². The summed E-state index contributed by atoms with van der Waals surface area (Å²) in [6.07, 6.45) is 2.16. The minimum atomic E-state index is -0.632. The van der Waals surface area contributed by atoms with Gasteiger partial charge < -0.3 is 15.4 Å². The van der Waals surface area contributed by atoms with Crippen molar-refractivity contribution in [3.63, 3.8) is 0 Å². The normalized spacial score (nSPS) is 17.6. The van der Waals surface area contributed by atoms with Gasteiger partial charge in [-0.25, -0.2) is 0 Å². The van der Waals surface area contributed by atoms with Crippen LogP contribution in [0.2, 0.25) is 0 Å². The first kappa shape index (κ1) is 16.7. The van der Waals surface area contributed by atoms with Crippen molar-refractivity contribution in [2.75, 3.05) is 13.2 Å². The van der Waals surface area contributed by atoms with Crippen LogP contribution in [0.5, 0.6) is 5.75 Å². The lowest BCUT2D eigenvalue weighted by molar-refractivity contribution is -0.385. The second-order valence-electron chi connectivity index (χ2n) is 5.52. The average Bonchev–Trinajstić information content (AvgIpc) is 2.52. The zero-order valence-electron chi connectivity index (χ0n) is 12.9. The Kier molecular flexibility index (Phi) is 5.15. The summed E-state index contributed by atoms with van der Waals surface area (Å²) in [6, 6.07) is 3.81. The molecule has 124 valence electrons. The summed E-state index contributed by atoms with van der Waals surface area (Å²) in [4.78, 5) is 35.5. The Bertz CT molecular complexity index is 632. The molecule has 23 heavy (non-hydrogen) atoms. The zero-order valence-corrected chi connectivity index (χ0v) is 12.9. The number of rotatable bonds is 5. The number of primary amides is 1. The smallest absolute Gasteiger partial charge is 0.310 e. The predicted octanol–water partition coefficient (Wildman–Crippen LogP) is 1.15. The van der Waals surface area contributed by atoms with Crippen LogP contribution < -0.4 is 10.5 Å². The second-order valence-corrected chi connectivity index (χ2v) is 5.52. The number of nitro benzene ring substituents is 1. The zero-order chi connectivity index (χ0) is 17.0. The molecule has 0 bridgehead atoms. The van der Waals surface area contributed by atoms with Gasteiger partial charge in [-0.2, -0.15) is 0 Å². The monoisotopic (exact) mass is 321 g/mol. The van der Waals surface area contributed by atoms with Crippen LogP contribution in [0.25, 0.3) is 0 Å². The molecular weight excluding hydrogens is 302 g/mol. The Morgan fingerprint density at radius 1 is 1.43 bits per heavy atom. The molecule has 8 nitrogen and oxygen atoms in total. The maximum Gasteiger partial charge on any atom is 0.310 e. The number of nitro groups is 1. The third-order valence-corrected chi connectivity index (χ3v) is 3.81. The largest absolute Gasteiger partial charge is 0.477 e. The topological polar surface area (TPSA) is 116 Å². The molecule has 1 atom stereocenters. The number of aryl methyl sites for hydroxylation is 1. The lowest BCUT2D eigenvalue weighted by atomic mass is 10.0. The molecular formula is C15H19N3O5. The minimum absolute atomic E-state index is 0.0379. The number of amides is 2. The van der Waals surface area contributed by atoms with E-state index in [-0.39, 0.29) is 18.0 Å². The van der Waals surface area contributed by atoms with Crippen molar-refractivity contribution in [3.05, 3.63) is 33.9 Å². The molecule has 0 aromatic heterocycles. The van der Waals surface area contributed by atoms with Crippen molar-refractivity contribution in [3.8, 4) is 5.75 Å². The van der Waals surface area contributed by atoms with E-state index in [9.17, 15) is 19.7 Å². The Morgan fingerprint density at radius 3 is 2.83 bits per heavy atom. The van der Waals surface area contributed by atoms with E-state index in [1.807, 2.05) is 0 Å². The van der Waals surface area contributed by atoms with Crippen molar-refractivity contribution in [2.45, 2.75) is 32.2 Å².